The Morgan fingerprint density at radius 3 is 2.71 bits per heavy atom. The molecule has 0 saturated heterocycles. The highest BCUT2D eigenvalue weighted by Crippen LogP contribution is 2.28. The number of hydrogen-bond acceptors (Lipinski definition) is 3. The summed E-state index contributed by atoms with van der Waals surface area (Å²) in [6.07, 6.45) is 1.42. The lowest BCUT2D eigenvalue weighted by Crippen LogP contribution is -1.85. The van der Waals surface area contributed by atoms with Gasteiger partial charge in [-0.25, -0.2) is 4.39 Å². The Balaban J connectivity index is 2.57. The van der Waals surface area contributed by atoms with Crippen LogP contribution in [0.3, 0.4) is 0 Å². The van der Waals surface area contributed by atoms with E-state index in [0.29, 0.717) is 16.1 Å². The van der Waals surface area contributed by atoms with E-state index in [0.717, 1.165) is 0 Å². The van der Waals surface area contributed by atoms with Gasteiger partial charge >= 0.3 is 0 Å². The van der Waals surface area contributed by atoms with Gasteiger partial charge in [0.05, 0.1) is 11.8 Å². The summed E-state index contributed by atoms with van der Waals surface area (Å²) < 4.78 is 17.6. The maximum Gasteiger partial charge on any atom is 0.229 e. The third-order valence-electron chi connectivity index (χ3n) is 1.77. The van der Waals surface area contributed by atoms with Crippen molar-refractivity contribution in [2.45, 2.75) is 0 Å². The van der Waals surface area contributed by atoms with Crippen LogP contribution in [0.5, 0.6) is 0 Å². The van der Waals surface area contributed by atoms with Crippen LogP contribution in [0.4, 0.5) is 10.3 Å². The van der Waals surface area contributed by atoms with Gasteiger partial charge in [-0.05, 0) is 23.8 Å². The fourth-order valence-corrected chi connectivity index (χ4v) is 1.40. The minimum absolute atomic E-state index is 0.145. The average Bonchev–Trinajstić information content (AvgIpc) is 2.49. The van der Waals surface area contributed by atoms with E-state index < -0.39 is 5.82 Å². The quantitative estimate of drug-likeness (QED) is 0.791. The summed E-state index contributed by atoms with van der Waals surface area (Å²) >= 11 is 5.69. The molecule has 0 saturated carbocycles. The van der Waals surface area contributed by atoms with Crippen LogP contribution in [0, 0.1) is 5.82 Å². The van der Waals surface area contributed by atoms with Gasteiger partial charge in [-0.1, -0.05) is 16.8 Å². The van der Waals surface area contributed by atoms with E-state index in [1.807, 2.05) is 0 Å². The molecule has 14 heavy (non-hydrogen) atoms. The van der Waals surface area contributed by atoms with Crippen molar-refractivity contribution < 1.29 is 8.91 Å². The summed E-state index contributed by atoms with van der Waals surface area (Å²) in [6.45, 7) is 0. The van der Waals surface area contributed by atoms with E-state index in [1.165, 1.54) is 18.3 Å². The largest absolute Gasteiger partial charge is 0.367 e. The van der Waals surface area contributed by atoms with Gasteiger partial charge in [0, 0.05) is 5.02 Å². The number of nitrogens with zero attached hydrogens (tertiary/aromatic N) is 1. The number of halogens is 2. The molecule has 0 spiro atoms. The maximum absolute atomic E-state index is 13.0. The first-order valence-corrected chi connectivity index (χ1v) is 4.21. The van der Waals surface area contributed by atoms with Gasteiger partial charge < -0.3 is 10.3 Å². The Morgan fingerprint density at radius 2 is 2.14 bits per heavy atom. The molecular formula is C9H6ClFN2O. The van der Waals surface area contributed by atoms with Crippen LogP contribution in [0.1, 0.15) is 0 Å². The van der Waals surface area contributed by atoms with Crippen molar-refractivity contribution in [2.75, 3.05) is 5.73 Å². The fourth-order valence-electron chi connectivity index (χ4n) is 1.17. The molecule has 1 aromatic carbocycles. The second-order valence-electron chi connectivity index (χ2n) is 2.76. The molecule has 2 N–H and O–H groups in total. The number of nitrogen functional groups attached to an aromatic ring is 1. The monoisotopic (exact) mass is 212 g/mol. The Hall–Kier alpha value is -1.55. The molecule has 0 unspecified atom stereocenters. The highest BCUT2D eigenvalue weighted by atomic mass is 35.5. The number of benzene rings is 1. The first-order valence-electron chi connectivity index (χ1n) is 3.83. The van der Waals surface area contributed by atoms with Gasteiger partial charge in [0.25, 0.3) is 0 Å². The summed E-state index contributed by atoms with van der Waals surface area (Å²) in [5.41, 5.74) is 6.56. The first kappa shape index (κ1) is 9.02. The number of hydrogen-bond donors (Lipinski definition) is 1. The van der Waals surface area contributed by atoms with Gasteiger partial charge in [0.2, 0.25) is 5.88 Å². The zero-order chi connectivity index (χ0) is 10.1. The standard InChI is InChI=1S/C9H6ClFN2O/c10-6-1-5(2-7(11)3-6)8-4-13-14-9(8)12/h1-4H,12H2. The molecule has 1 aromatic heterocycles. The fraction of sp³-hybridized carbons (Fsp3) is 0. The molecule has 0 aliphatic heterocycles. The minimum Gasteiger partial charge on any atom is -0.367 e. The van der Waals surface area contributed by atoms with Crippen molar-refractivity contribution in [1.82, 2.24) is 5.16 Å². The molecule has 3 nitrogen and oxygen atoms in total. The van der Waals surface area contributed by atoms with Gasteiger partial charge in [0.1, 0.15) is 5.82 Å². The molecule has 0 atom stereocenters. The van der Waals surface area contributed by atoms with E-state index in [-0.39, 0.29) is 5.88 Å². The molecular weight excluding hydrogens is 207 g/mol. The Morgan fingerprint density at radius 1 is 1.36 bits per heavy atom. The van der Waals surface area contributed by atoms with E-state index >= 15 is 0 Å². The second-order valence-corrected chi connectivity index (χ2v) is 3.20. The van der Waals surface area contributed by atoms with Gasteiger partial charge in [-0.3, -0.25) is 0 Å². The Kier molecular flexibility index (Phi) is 2.13. The number of rotatable bonds is 1. The average molecular weight is 213 g/mol. The van der Waals surface area contributed by atoms with Gasteiger partial charge in [-0.2, -0.15) is 0 Å². The predicted octanol–water partition coefficient (Wildman–Crippen LogP) is 2.72. The molecule has 0 fully saturated rings. The summed E-state index contributed by atoms with van der Waals surface area (Å²) in [5.74, 6) is -0.278. The number of aromatic nitrogens is 1. The summed E-state index contributed by atoms with van der Waals surface area (Å²) in [7, 11) is 0. The van der Waals surface area contributed by atoms with E-state index in [1.54, 1.807) is 6.07 Å². The zero-order valence-corrected chi connectivity index (χ0v) is 7.75. The zero-order valence-electron chi connectivity index (χ0n) is 7.00. The van der Waals surface area contributed by atoms with Crippen molar-refractivity contribution in [3.8, 4) is 11.1 Å². The second kappa shape index (κ2) is 3.31. The lowest BCUT2D eigenvalue weighted by Gasteiger charge is -1.99. The first-order chi connectivity index (χ1) is 6.66. The third kappa shape index (κ3) is 1.56. The maximum atomic E-state index is 13.0. The smallest absolute Gasteiger partial charge is 0.229 e. The van der Waals surface area contributed by atoms with E-state index in [4.69, 9.17) is 17.3 Å². The molecule has 72 valence electrons. The highest BCUT2D eigenvalue weighted by molar-refractivity contribution is 6.30. The minimum atomic E-state index is -0.423. The molecule has 2 aromatic rings. The summed E-state index contributed by atoms with van der Waals surface area (Å²) in [5, 5.41) is 3.80. The number of anilines is 1. The van der Waals surface area contributed by atoms with Crippen LogP contribution in [0.15, 0.2) is 28.9 Å². The van der Waals surface area contributed by atoms with Crippen molar-refractivity contribution >= 4 is 17.5 Å². The summed E-state index contributed by atoms with van der Waals surface area (Å²) in [4.78, 5) is 0. The van der Waals surface area contributed by atoms with Gasteiger partial charge in [0.15, 0.2) is 0 Å². The Labute approximate surface area is 84.3 Å². The molecule has 0 amide bonds. The van der Waals surface area contributed by atoms with Crippen LogP contribution < -0.4 is 5.73 Å². The molecule has 0 aliphatic carbocycles. The van der Waals surface area contributed by atoms with Crippen LogP contribution in [0.2, 0.25) is 5.02 Å². The molecule has 5 heteroatoms. The van der Waals surface area contributed by atoms with Crippen molar-refractivity contribution in [1.29, 1.82) is 0 Å². The van der Waals surface area contributed by atoms with Crippen LogP contribution in [-0.4, -0.2) is 5.16 Å². The van der Waals surface area contributed by atoms with Crippen LogP contribution in [0.25, 0.3) is 11.1 Å². The molecule has 2 rings (SSSR count). The summed E-state index contributed by atoms with van der Waals surface area (Å²) in [6, 6.07) is 4.12. The molecule has 1 heterocycles. The van der Waals surface area contributed by atoms with Crippen molar-refractivity contribution in [3.05, 3.63) is 35.2 Å². The van der Waals surface area contributed by atoms with Crippen LogP contribution in [-0.2, 0) is 0 Å². The molecule has 0 radical (unpaired) electrons. The van der Waals surface area contributed by atoms with Crippen LogP contribution >= 0.6 is 11.6 Å². The molecule has 0 aliphatic rings. The van der Waals surface area contributed by atoms with E-state index in [2.05, 4.69) is 9.68 Å². The molecule has 0 bridgehead atoms. The van der Waals surface area contributed by atoms with Gasteiger partial charge in [-0.15, -0.1) is 0 Å². The SMILES string of the molecule is Nc1oncc1-c1cc(F)cc(Cl)c1. The third-order valence-corrected chi connectivity index (χ3v) is 1.99. The lowest BCUT2D eigenvalue weighted by atomic mass is 10.1. The predicted molar refractivity (Wildman–Crippen MR) is 51.3 cm³/mol. The normalized spacial score (nSPS) is 10.4. The Bertz CT molecular complexity index is 449. The van der Waals surface area contributed by atoms with Crippen molar-refractivity contribution in [2.24, 2.45) is 0 Å². The van der Waals surface area contributed by atoms with Crippen molar-refractivity contribution in [3.63, 3.8) is 0 Å². The topological polar surface area (TPSA) is 52.0 Å². The number of nitrogens with two attached hydrogens (primary N) is 1. The van der Waals surface area contributed by atoms with E-state index in [9.17, 15) is 4.39 Å². The lowest BCUT2D eigenvalue weighted by molar-refractivity contribution is 0.436. The highest BCUT2D eigenvalue weighted by Gasteiger charge is 2.08.